The van der Waals surface area contributed by atoms with Gasteiger partial charge in [0.2, 0.25) is 0 Å². The molecule has 82 valence electrons. The molecule has 0 aliphatic rings. The molecule has 0 aliphatic heterocycles. The number of aromatic nitrogens is 2. The predicted octanol–water partition coefficient (Wildman–Crippen LogP) is 2.19. The predicted molar refractivity (Wildman–Crippen MR) is 62.6 cm³/mol. The van der Waals surface area contributed by atoms with Crippen LogP contribution in [0.1, 0.15) is 10.4 Å². The molecule has 1 aromatic carbocycles. The summed E-state index contributed by atoms with van der Waals surface area (Å²) in [6, 6.07) is 6.70. The zero-order valence-corrected chi connectivity index (χ0v) is 10.3. The van der Waals surface area contributed by atoms with Crippen molar-refractivity contribution in [1.29, 1.82) is 0 Å². The number of nitrogens with two attached hydrogens (primary N) is 1. The van der Waals surface area contributed by atoms with E-state index in [0.29, 0.717) is 20.4 Å². The Morgan fingerprint density at radius 2 is 2.12 bits per heavy atom. The molecule has 0 bridgehead atoms. The van der Waals surface area contributed by atoms with Crippen LogP contribution in [0.4, 0.5) is 0 Å². The minimum absolute atomic E-state index is 0.314. The van der Waals surface area contributed by atoms with E-state index in [-0.39, 0.29) is 0 Å². The number of carbonyl (C=O) groups excluding carboxylic acids is 1. The Morgan fingerprint density at radius 3 is 2.75 bits per heavy atom. The van der Waals surface area contributed by atoms with Crippen LogP contribution in [0.5, 0.6) is 10.9 Å². The van der Waals surface area contributed by atoms with Gasteiger partial charge in [0.25, 0.3) is 11.1 Å². The lowest BCUT2D eigenvalue weighted by atomic mass is 10.2. The second-order valence-electron chi connectivity index (χ2n) is 2.78. The van der Waals surface area contributed by atoms with Gasteiger partial charge in [-0.1, -0.05) is 17.2 Å². The molecule has 5 nitrogen and oxygen atoms in total. The monoisotopic (exact) mass is 299 g/mol. The first-order valence-electron chi connectivity index (χ1n) is 4.22. The van der Waals surface area contributed by atoms with E-state index in [1.54, 1.807) is 24.3 Å². The van der Waals surface area contributed by atoms with E-state index in [4.69, 9.17) is 10.5 Å². The number of ether oxygens (including phenoxy) is 1. The average molecular weight is 300 g/mol. The van der Waals surface area contributed by atoms with Crippen molar-refractivity contribution in [2.24, 2.45) is 5.73 Å². The molecular formula is C9H6BrN3O2S. The number of hydrogen-bond acceptors (Lipinski definition) is 5. The first kappa shape index (κ1) is 11.0. The van der Waals surface area contributed by atoms with Crippen LogP contribution in [0.15, 0.2) is 28.2 Å². The maximum absolute atomic E-state index is 11.1. The minimum Gasteiger partial charge on any atom is -0.429 e. The second kappa shape index (κ2) is 4.58. The lowest BCUT2D eigenvalue weighted by molar-refractivity contribution is 0.0998. The summed E-state index contributed by atoms with van der Waals surface area (Å²) in [6.07, 6.45) is 0. The summed E-state index contributed by atoms with van der Waals surface area (Å²) in [6.45, 7) is 0. The van der Waals surface area contributed by atoms with Crippen molar-refractivity contribution in [3.05, 3.63) is 33.7 Å². The summed E-state index contributed by atoms with van der Waals surface area (Å²) in [7, 11) is 0. The van der Waals surface area contributed by atoms with E-state index in [1.807, 2.05) is 0 Å². The lowest BCUT2D eigenvalue weighted by Gasteiger charge is -2.04. The molecule has 2 aromatic rings. The summed E-state index contributed by atoms with van der Waals surface area (Å²) in [5.74, 6) is -0.169. The number of halogens is 1. The van der Waals surface area contributed by atoms with Crippen LogP contribution in [0.3, 0.4) is 0 Å². The molecule has 1 amide bonds. The van der Waals surface area contributed by atoms with Crippen molar-refractivity contribution in [3.8, 4) is 10.9 Å². The molecule has 2 N–H and O–H groups in total. The summed E-state index contributed by atoms with van der Waals surface area (Å²) >= 11 is 4.39. The van der Waals surface area contributed by atoms with Crippen LogP contribution in [-0.4, -0.2) is 16.1 Å². The number of rotatable bonds is 3. The average Bonchev–Trinajstić information content (AvgIpc) is 2.64. The number of amides is 1. The fourth-order valence-electron chi connectivity index (χ4n) is 1.09. The number of hydrogen-bond donors (Lipinski definition) is 1. The number of nitrogens with zero attached hydrogens (tertiary/aromatic N) is 2. The van der Waals surface area contributed by atoms with Crippen LogP contribution in [0, 0.1) is 0 Å². The summed E-state index contributed by atoms with van der Waals surface area (Å²) in [5, 5.41) is 7.84. The SMILES string of the molecule is NC(=O)c1ccccc1Oc1nnc(Br)s1. The third-order valence-electron chi connectivity index (χ3n) is 1.73. The van der Waals surface area contributed by atoms with Crippen molar-refractivity contribution in [3.63, 3.8) is 0 Å². The van der Waals surface area contributed by atoms with Crippen molar-refractivity contribution in [2.45, 2.75) is 0 Å². The molecule has 0 saturated heterocycles. The normalized spacial score (nSPS) is 10.1. The third-order valence-corrected chi connectivity index (χ3v) is 2.97. The summed E-state index contributed by atoms with van der Waals surface area (Å²) < 4.78 is 6.02. The van der Waals surface area contributed by atoms with Crippen LogP contribution in [0.25, 0.3) is 0 Å². The molecule has 0 saturated carbocycles. The van der Waals surface area contributed by atoms with Gasteiger partial charge in [0.1, 0.15) is 5.75 Å². The Kier molecular flexibility index (Phi) is 3.16. The standard InChI is InChI=1S/C9H6BrN3O2S/c10-8-12-13-9(16-8)15-6-4-2-1-3-5(6)7(11)14/h1-4H,(H2,11,14). The first-order valence-corrected chi connectivity index (χ1v) is 5.83. The molecule has 0 fully saturated rings. The molecule has 16 heavy (non-hydrogen) atoms. The number of primary amides is 1. The van der Waals surface area contributed by atoms with E-state index in [2.05, 4.69) is 26.1 Å². The van der Waals surface area contributed by atoms with E-state index in [9.17, 15) is 4.79 Å². The fraction of sp³-hybridized carbons (Fsp3) is 0. The van der Waals surface area contributed by atoms with Crippen LogP contribution in [-0.2, 0) is 0 Å². The molecule has 1 aromatic heterocycles. The first-order chi connectivity index (χ1) is 7.66. The van der Waals surface area contributed by atoms with Gasteiger partial charge in [0.05, 0.1) is 5.56 Å². The van der Waals surface area contributed by atoms with Gasteiger partial charge in [-0.05, 0) is 39.4 Å². The highest BCUT2D eigenvalue weighted by Crippen LogP contribution is 2.29. The summed E-state index contributed by atoms with van der Waals surface area (Å²) in [4.78, 5) is 11.1. The van der Waals surface area contributed by atoms with Gasteiger partial charge in [0.15, 0.2) is 3.92 Å². The van der Waals surface area contributed by atoms with Crippen LogP contribution >= 0.6 is 27.3 Å². The Labute approximate surface area is 103 Å². The zero-order chi connectivity index (χ0) is 11.5. The van der Waals surface area contributed by atoms with Gasteiger partial charge in [-0.2, -0.15) is 0 Å². The third kappa shape index (κ3) is 2.37. The van der Waals surface area contributed by atoms with Gasteiger partial charge in [0, 0.05) is 0 Å². The van der Waals surface area contributed by atoms with E-state index in [1.165, 1.54) is 11.3 Å². The van der Waals surface area contributed by atoms with Gasteiger partial charge < -0.3 is 10.5 Å². The largest absolute Gasteiger partial charge is 0.429 e. The van der Waals surface area contributed by atoms with Crippen molar-refractivity contribution in [1.82, 2.24) is 10.2 Å². The smallest absolute Gasteiger partial charge is 0.300 e. The highest BCUT2D eigenvalue weighted by Gasteiger charge is 2.11. The number of carbonyl (C=O) groups is 1. The number of para-hydroxylation sites is 1. The van der Waals surface area contributed by atoms with E-state index < -0.39 is 5.91 Å². The highest BCUT2D eigenvalue weighted by atomic mass is 79.9. The Balaban J connectivity index is 2.31. The maximum atomic E-state index is 11.1. The van der Waals surface area contributed by atoms with Crippen molar-refractivity contribution < 1.29 is 9.53 Å². The lowest BCUT2D eigenvalue weighted by Crippen LogP contribution is -2.11. The Hall–Kier alpha value is -1.47. The molecule has 7 heteroatoms. The minimum atomic E-state index is -0.542. The van der Waals surface area contributed by atoms with Crippen LogP contribution < -0.4 is 10.5 Å². The molecule has 0 atom stereocenters. The topological polar surface area (TPSA) is 78.1 Å². The zero-order valence-electron chi connectivity index (χ0n) is 7.88. The van der Waals surface area contributed by atoms with Crippen molar-refractivity contribution >= 4 is 33.2 Å². The summed E-state index contributed by atoms with van der Waals surface area (Å²) in [5.41, 5.74) is 5.53. The molecule has 2 rings (SSSR count). The number of benzene rings is 1. The molecule has 0 radical (unpaired) electrons. The Morgan fingerprint density at radius 1 is 1.38 bits per heavy atom. The molecular weight excluding hydrogens is 294 g/mol. The van der Waals surface area contributed by atoms with Gasteiger partial charge in [-0.3, -0.25) is 4.79 Å². The van der Waals surface area contributed by atoms with Gasteiger partial charge in [-0.15, -0.1) is 5.10 Å². The molecule has 1 heterocycles. The molecule has 0 aliphatic carbocycles. The van der Waals surface area contributed by atoms with Gasteiger partial charge in [-0.25, -0.2) is 0 Å². The molecule has 0 spiro atoms. The molecule has 0 unspecified atom stereocenters. The Bertz CT molecular complexity index is 529. The fourth-order valence-corrected chi connectivity index (χ4v) is 2.02. The quantitative estimate of drug-likeness (QED) is 0.942. The van der Waals surface area contributed by atoms with E-state index in [0.717, 1.165) is 0 Å². The second-order valence-corrected chi connectivity index (χ2v) is 5.00. The van der Waals surface area contributed by atoms with Gasteiger partial charge >= 0.3 is 0 Å². The maximum Gasteiger partial charge on any atom is 0.300 e. The highest BCUT2D eigenvalue weighted by molar-refractivity contribution is 9.11. The van der Waals surface area contributed by atoms with Crippen LogP contribution in [0.2, 0.25) is 0 Å². The van der Waals surface area contributed by atoms with Crippen molar-refractivity contribution in [2.75, 3.05) is 0 Å². The van der Waals surface area contributed by atoms with E-state index >= 15 is 0 Å².